The predicted molar refractivity (Wildman–Crippen MR) is 113 cm³/mol. The Morgan fingerprint density at radius 3 is 2.60 bits per heavy atom. The Morgan fingerprint density at radius 1 is 1.03 bits per heavy atom. The van der Waals surface area contributed by atoms with Gasteiger partial charge in [0, 0.05) is 24.3 Å². The summed E-state index contributed by atoms with van der Waals surface area (Å²) in [7, 11) is 0. The number of hydrogen-bond acceptors (Lipinski definition) is 6. The summed E-state index contributed by atoms with van der Waals surface area (Å²) in [5.41, 5.74) is 3.33. The van der Waals surface area contributed by atoms with Crippen LogP contribution in [0.25, 0.3) is 0 Å². The molecule has 0 saturated heterocycles. The summed E-state index contributed by atoms with van der Waals surface area (Å²) >= 11 is 0. The summed E-state index contributed by atoms with van der Waals surface area (Å²) in [6.07, 6.45) is 0.986. The minimum atomic E-state index is -0.592. The zero-order valence-electron chi connectivity index (χ0n) is 17.1. The van der Waals surface area contributed by atoms with Crippen molar-refractivity contribution in [1.82, 2.24) is 5.32 Å². The molecule has 0 radical (unpaired) electrons. The molecule has 0 saturated carbocycles. The van der Waals surface area contributed by atoms with Gasteiger partial charge in [0.2, 0.25) is 0 Å². The quantitative estimate of drug-likeness (QED) is 0.388. The van der Waals surface area contributed by atoms with E-state index in [9.17, 15) is 14.4 Å². The number of Topliss-reactive ketones (excluding diaryl/α,β-unsaturated/α-hetero) is 1. The minimum absolute atomic E-state index is 0.0892. The number of amides is 1. The zero-order chi connectivity index (χ0) is 21.3. The third kappa shape index (κ3) is 5.59. The molecule has 7 nitrogen and oxygen atoms in total. The second-order valence-corrected chi connectivity index (χ2v) is 6.93. The van der Waals surface area contributed by atoms with Gasteiger partial charge in [0.05, 0.1) is 25.3 Å². The van der Waals surface area contributed by atoms with E-state index in [1.165, 1.54) is 0 Å². The molecule has 0 unspecified atom stereocenters. The van der Waals surface area contributed by atoms with Gasteiger partial charge in [-0.2, -0.15) is 0 Å². The number of carbonyl (C=O) groups excluding carboxylic acids is 3. The number of fused-ring (bicyclic) bond motifs is 1. The summed E-state index contributed by atoms with van der Waals surface area (Å²) in [6.45, 7) is 3.87. The van der Waals surface area contributed by atoms with Crippen molar-refractivity contribution >= 4 is 23.5 Å². The first-order valence-electron chi connectivity index (χ1n) is 10.1. The molecule has 2 aromatic rings. The molecule has 0 spiro atoms. The third-order valence-corrected chi connectivity index (χ3v) is 4.88. The van der Waals surface area contributed by atoms with Crippen LogP contribution in [0.4, 0.5) is 10.5 Å². The van der Waals surface area contributed by atoms with Crippen LogP contribution in [-0.4, -0.2) is 50.7 Å². The van der Waals surface area contributed by atoms with E-state index in [2.05, 4.69) is 10.2 Å². The Balaban J connectivity index is 1.46. The van der Waals surface area contributed by atoms with Crippen LogP contribution < -0.4 is 10.2 Å². The standard InChI is InChI=1S/C23H26N2O5/c1-2-29-23(28)24-16-21(26)19-9-10-20-18(15-19)11-13-25(20)12-6-14-30-22(27)17-7-4-3-5-8-17/h3-5,7-10,15H,2,6,11-14,16H2,1H3,(H,24,28). The topological polar surface area (TPSA) is 84.9 Å². The first-order chi connectivity index (χ1) is 14.6. The summed E-state index contributed by atoms with van der Waals surface area (Å²) in [4.78, 5) is 37.8. The fraction of sp³-hybridized carbons (Fsp3) is 0.348. The van der Waals surface area contributed by atoms with E-state index in [4.69, 9.17) is 9.47 Å². The number of carbonyl (C=O) groups is 3. The number of benzene rings is 2. The normalized spacial score (nSPS) is 12.2. The van der Waals surface area contributed by atoms with Crippen LogP contribution in [-0.2, 0) is 15.9 Å². The van der Waals surface area contributed by atoms with Gasteiger partial charge in [-0.05, 0) is 55.7 Å². The summed E-state index contributed by atoms with van der Waals surface area (Å²) in [6, 6.07) is 14.6. The second kappa shape index (κ2) is 10.4. The molecule has 1 N–H and O–H groups in total. The van der Waals surface area contributed by atoms with Gasteiger partial charge in [0.25, 0.3) is 0 Å². The highest BCUT2D eigenvalue weighted by Crippen LogP contribution is 2.29. The van der Waals surface area contributed by atoms with Crippen LogP contribution in [0.15, 0.2) is 48.5 Å². The number of ether oxygens (including phenoxy) is 2. The van der Waals surface area contributed by atoms with Gasteiger partial charge in [-0.3, -0.25) is 4.79 Å². The van der Waals surface area contributed by atoms with Gasteiger partial charge < -0.3 is 19.7 Å². The summed E-state index contributed by atoms with van der Waals surface area (Å²) in [5.74, 6) is -0.464. The Labute approximate surface area is 176 Å². The maximum absolute atomic E-state index is 12.3. The molecule has 30 heavy (non-hydrogen) atoms. The summed E-state index contributed by atoms with van der Waals surface area (Å²) < 4.78 is 10.1. The Morgan fingerprint density at radius 2 is 1.83 bits per heavy atom. The zero-order valence-corrected chi connectivity index (χ0v) is 17.1. The number of ketones is 1. The molecule has 1 amide bonds. The van der Waals surface area contributed by atoms with Gasteiger partial charge in [0.15, 0.2) is 5.78 Å². The first kappa shape index (κ1) is 21.4. The van der Waals surface area contributed by atoms with Gasteiger partial charge in [-0.1, -0.05) is 18.2 Å². The van der Waals surface area contributed by atoms with Crippen molar-refractivity contribution in [2.45, 2.75) is 19.8 Å². The molecule has 0 aliphatic carbocycles. The van der Waals surface area contributed by atoms with E-state index in [0.717, 1.165) is 37.2 Å². The lowest BCUT2D eigenvalue weighted by molar-refractivity contribution is 0.0502. The Bertz CT molecular complexity index is 898. The predicted octanol–water partition coefficient (Wildman–Crippen LogP) is 3.23. The van der Waals surface area contributed by atoms with Crippen LogP contribution in [0, 0.1) is 0 Å². The lowest BCUT2D eigenvalue weighted by Gasteiger charge is -2.19. The third-order valence-electron chi connectivity index (χ3n) is 4.88. The Hall–Kier alpha value is -3.35. The lowest BCUT2D eigenvalue weighted by Crippen LogP contribution is -2.30. The molecule has 0 bridgehead atoms. The highest BCUT2D eigenvalue weighted by molar-refractivity contribution is 5.99. The van der Waals surface area contributed by atoms with Crippen LogP contribution in [0.3, 0.4) is 0 Å². The van der Waals surface area contributed by atoms with Gasteiger partial charge >= 0.3 is 12.1 Å². The number of alkyl carbamates (subject to hydrolysis) is 1. The first-order valence-corrected chi connectivity index (χ1v) is 10.1. The van der Waals surface area contributed by atoms with Crippen molar-refractivity contribution in [3.63, 3.8) is 0 Å². The number of hydrogen-bond donors (Lipinski definition) is 1. The lowest BCUT2D eigenvalue weighted by atomic mass is 10.1. The number of esters is 1. The number of anilines is 1. The summed E-state index contributed by atoms with van der Waals surface area (Å²) in [5, 5.41) is 2.45. The van der Waals surface area contributed by atoms with Crippen molar-refractivity contribution in [2.75, 3.05) is 37.7 Å². The van der Waals surface area contributed by atoms with Crippen molar-refractivity contribution < 1.29 is 23.9 Å². The number of nitrogens with one attached hydrogen (secondary N) is 1. The van der Waals surface area contributed by atoms with Crippen molar-refractivity contribution in [2.24, 2.45) is 0 Å². The van der Waals surface area contributed by atoms with Crippen LogP contribution in [0.2, 0.25) is 0 Å². The van der Waals surface area contributed by atoms with Gasteiger partial charge in [-0.15, -0.1) is 0 Å². The van der Waals surface area contributed by atoms with Crippen LogP contribution in [0.1, 0.15) is 39.6 Å². The van der Waals surface area contributed by atoms with E-state index < -0.39 is 6.09 Å². The molecule has 158 valence electrons. The van der Waals surface area contributed by atoms with Crippen LogP contribution >= 0.6 is 0 Å². The molecule has 0 atom stereocenters. The Kier molecular flexibility index (Phi) is 7.43. The van der Waals surface area contributed by atoms with E-state index in [1.807, 2.05) is 30.3 Å². The highest BCUT2D eigenvalue weighted by Gasteiger charge is 2.20. The maximum atomic E-state index is 12.3. The van der Waals surface area contributed by atoms with E-state index in [0.29, 0.717) is 17.7 Å². The maximum Gasteiger partial charge on any atom is 0.407 e. The second-order valence-electron chi connectivity index (χ2n) is 6.93. The molecule has 1 aliphatic rings. The molecule has 1 heterocycles. The highest BCUT2D eigenvalue weighted by atomic mass is 16.5. The fourth-order valence-electron chi connectivity index (χ4n) is 3.39. The molecular weight excluding hydrogens is 384 g/mol. The molecule has 0 aromatic heterocycles. The van der Waals surface area contributed by atoms with Gasteiger partial charge in [0.1, 0.15) is 0 Å². The van der Waals surface area contributed by atoms with Crippen molar-refractivity contribution in [3.8, 4) is 0 Å². The van der Waals surface area contributed by atoms with Crippen molar-refractivity contribution in [1.29, 1.82) is 0 Å². The van der Waals surface area contributed by atoms with Gasteiger partial charge in [-0.25, -0.2) is 9.59 Å². The molecule has 1 aliphatic heterocycles. The average molecular weight is 410 g/mol. The van der Waals surface area contributed by atoms with Crippen molar-refractivity contribution in [3.05, 3.63) is 65.2 Å². The monoisotopic (exact) mass is 410 g/mol. The fourth-order valence-corrected chi connectivity index (χ4v) is 3.39. The van der Waals surface area contributed by atoms with Crippen LogP contribution in [0.5, 0.6) is 0 Å². The largest absolute Gasteiger partial charge is 0.462 e. The smallest absolute Gasteiger partial charge is 0.407 e. The van der Waals surface area contributed by atoms with E-state index in [-0.39, 0.29) is 24.9 Å². The SMILES string of the molecule is CCOC(=O)NCC(=O)c1ccc2c(c1)CCN2CCCOC(=O)c1ccccc1. The molecular formula is C23H26N2O5. The molecule has 3 rings (SSSR count). The molecule has 2 aromatic carbocycles. The number of nitrogens with zero attached hydrogens (tertiary/aromatic N) is 1. The average Bonchev–Trinajstić information content (AvgIpc) is 3.18. The molecule has 0 fully saturated rings. The number of rotatable bonds is 9. The van der Waals surface area contributed by atoms with E-state index >= 15 is 0 Å². The minimum Gasteiger partial charge on any atom is -0.462 e. The van der Waals surface area contributed by atoms with E-state index in [1.54, 1.807) is 25.1 Å². The molecule has 7 heteroatoms.